The van der Waals surface area contributed by atoms with Gasteiger partial charge in [0.25, 0.3) is 5.91 Å². The van der Waals surface area contributed by atoms with Crippen LogP contribution < -0.4 is 10.1 Å². The number of carbonyl (C=O) groups excluding carboxylic acids is 2. The van der Waals surface area contributed by atoms with Crippen LogP contribution in [0.2, 0.25) is 10.0 Å². The third-order valence-corrected chi connectivity index (χ3v) is 3.42. The van der Waals surface area contributed by atoms with Gasteiger partial charge in [0.05, 0.1) is 17.7 Å². The van der Waals surface area contributed by atoms with Crippen LogP contribution in [0.3, 0.4) is 0 Å². The van der Waals surface area contributed by atoms with Crippen molar-refractivity contribution in [1.82, 2.24) is 0 Å². The summed E-state index contributed by atoms with van der Waals surface area (Å²) in [6.07, 6.45) is 0. The van der Waals surface area contributed by atoms with Crippen LogP contribution in [0.5, 0.6) is 5.75 Å². The quantitative estimate of drug-likeness (QED) is 0.830. The lowest BCUT2D eigenvalue weighted by molar-refractivity contribution is -0.118. The average molecular weight is 354 g/mol. The Bertz CT molecular complexity index is 717. The van der Waals surface area contributed by atoms with Gasteiger partial charge in [0.2, 0.25) is 0 Å². The zero-order valence-corrected chi connectivity index (χ0v) is 13.6. The molecule has 0 aliphatic rings. The van der Waals surface area contributed by atoms with Gasteiger partial charge in [0.15, 0.2) is 6.61 Å². The smallest absolute Gasteiger partial charge is 0.339 e. The molecule has 0 aliphatic heterocycles. The van der Waals surface area contributed by atoms with Crippen LogP contribution in [-0.4, -0.2) is 25.6 Å². The molecule has 0 saturated heterocycles. The highest BCUT2D eigenvalue weighted by atomic mass is 35.5. The fourth-order valence-electron chi connectivity index (χ4n) is 1.75. The van der Waals surface area contributed by atoms with Gasteiger partial charge in [0, 0.05) is 10.7 Å². The minimum Gasteiger partial charge on any atom is -0.484 e. The Morgan fingerprint density at radius 2 is 1.78 bits per heavy atom. The molecule has 0 aliphatic carbocycles. The second kappa shape index (κ2) is 7.85. The Balaban J connectivity index is 1.97. The number of ether oxygens (including phenoxy) is 2. The van der Waals surface area contributed by atoms with Crippen molar-refractivity contribution in [2.45, 2.75) is 0 Å². The molecule has 5 nitrogen and oxygen atoms in total. The molecule has 0 atom stereocenters. The van der Waals surface area contributed by atoms with Crippen molar-refractivity contribution in [3.63, 3.8) is 0 Å². The number of benzene rings is 2. The molecule has 0 aromatic heterocycles. The van der Waals surface area contributed by atoms with E-state index in [0.717, 1.165) is 0 Å². The zero-order chi connectivity index (χ0) is 16.8. The van der Waals surface area contributed by atoms with Gasteiger partial charge in [-0.3, -0.25) is 4.79 Å². The first kappa shape index (κ1) is 17.1. The maximum atomic E-state index is 11.9. The fraction of sp³-hybridized carbons (Fsp3) is 0.125. The van der Waals surface area contributed by atoms with Crippen LogP contribution in [0.15, 0.2) is 42.5 Å². The molecule has 0 bridgehead atoms. The Morgan fingerprint density at radius 3 is 2.43 bits per heavy atom. The topological polar surface area (TPSA) is 64.6 Å². The highest BCUT2D eigenvalue weighted by Gasteiger charge is 2.12. The number of methoxy groups -OCH3 is 1. The molecule has 2 aromatic rings. The van der Waals surface area contributed by atoms with Gasteiger partial charge >= 0.3 is 5.97 Å². The molecule has 1 amide bonds. The number of rotatable bonds is 5. The Kier molecular flexibility index (Phi) is 5.84. The van der Waals surface area contributed by atoms with Crippen molar-refractivity contribution < 1.29 is 19.1 Å². The number of hydrogen-bond acceptors (Lipinski definition) is 4. The van der Waals surface area contributed by atoms with E-state index >= 15 is 0 Å². The minimum absolute atomic E-state index is 0.172. The average Bonchev–Trinajstić information content (AvgIpc) is 2.55. The molecule has 0 saturated carbocycles. The van der Waals surface area contributed by atoms with E-state index in [1.165, 1.54) is 19.2 Å². The van der Waals surface area contributed by atoms with Gasteiger partial charge in [0.1, 0.15) is 5.75 Å². The monoisotopic (exact) mass is 353 g/mol. The van der Waals surface area contributed by atoms with E-state index in [1.807, 2.05) is 0 Å². The van der Waals surface area contributed by atoms with Gasteiger partial charge in [-0.1, -0.05) is 23.2 Å². The lowest BCUT2D eigenvalue weighted by Crippen LogP contribution is -2.20. The molecule has 0 radical (unpaired) electrons. The number of nitrogens with one attached hydrogen (secondary N) is 1. The van der Waals surface area contributed by atoms with Crippen LogP contribution in [0, 0.1) is 0 Å². The molecular formula is C16H13Cl2NO4. The molecule has 23 heavy (non-hydrogen) atoms. The summed E-state index contributed by atoms with van der Waals surface area (Å²) in [4.78, 5) is 23.4. The Labute approximate surface area is 143 Å². The molecule has 0 spiro atoms. The largest absolute Gasteiger partial charge is 0.484 e. The second-order valence-electron chi connectivity index (χ2n) is 4.48. The van der Waals surface area contributed by atoms with E-state index in [2.05, 4.69) is 10.1 Å². The summed E-state index contributed by atoms with van der Waals surface area (Å²) in [5.74, 6) is -0.433. The van der Waals surface area contributed by atoms with E-state index in [4.69, 9.17) is 27.9 Å². The molecule has 0 heterocycles. The molecule has 7 heteroatoms. The Morgan fingerprint density at radius 1 is 1.09 bits per heavy atom. The molecule has 2 rings (SSSR count). The van der Waals surface area contributed by atoms with Gasteiger partial charge in [-0.05, 0) is 42.5 Å². The van der Waals surface area contributed by atoms with E-state index in [9.17, 15) is 9.59 Å². The van der Waals surface area contributed by atoms with Gasteiger partial charge in [-0.2, -0.15) is 0 Å². The SMILES string of the molecule is COC(=O)c1cc(NC(=O)COc2ccc(Cl)cc2)ccc1Cl. The maximum absolute atomic E-state index is 11.9. The molecule has 120 valence electrons. The van der Waals surface area contributed by atoms with Crippen LogP contribution in [0.4, 0.5) is 5.69 Å². The van der Waals surface area contributed by atoms with E-state index in [-0.39, 0.29) is 23.1 Å². The molecular weight excluding hydrogens is 341 g/mol. The van der Waals surface area contributed by atoms with Crippen LogP contribution in [0.1, 0.15) is 10.4 Å². The summed E-state index contributed by atoms with van der Waals surface area (Å²) in [7, 11) is 1.25. The predicted octanol–water partition coefficient (Wildman–Crippen LogP) is 3.80. The summed E-state index contributed by atoms with van der Waals surface area (Å²) < 4.78 is 9.95. The van der Waals surface area contributed by atoms with Crippen LogP contribution >= 0.6 is 23.2 Å². The Hall–Kier alpha value is -2.24. The first-order valence-corrected chi connectivity index (χ1v) is 7.31. The summed E-state index contributed by atoms with van der Waals surface area (Å²) >= 11 is 11.7. The molecule has 1 N–H and O–H groups in total. The second-order valence-corrected chi connectivity index (χ2v) is 5.32. The number of carbonyl (C=O) groups is 2. The van der Waals surface area contributed by atoms with Gasteiger partial charge in [-0.25, -0.2) is 4.79 Å². The normalized spacial score (nSPS) is 10.0. The standard InChI is InChI=1S/C16H13Cl2NO4/c1-22-16(21)13-8-11(4-7-14(13)18)19-15(20)9-23-12-5-2-10(17)3-6-12/h2-8H,9H2,1H3,(H,19,20). The highest BCUT2D eigenvalue weighted by Crippen LogP contribution is 2.21. The van der Waals surface area contributed by atoms with Crippen molar-refractivity contribution in [1.29, 1.82) is 0 Å². The van der Waals surface area contributed by atoms with Crippen molar-refractivity contribution in [3.8, 4) is 5.75 Å². The van der Waals surface area contributed by atoms with Crippen molar-refractivity contribution in [2.75, 3.05) is 19.0 Å². The first-order chi connectivity index (χ1) is 11.0. The first-order valence-electron chi connectivity index (χ1n) is 6.55. The summed E-state index contributed by atoms with van der Waals surface area (Å²) in [5, 5.41) is 3.44. The zero-order valence-electron chi connectivity index (χ0n) is 12.1. The summed E-state index contributed by atoms with van der Waals surface area (Å²) in [6.45, 7) is -0.183. The van der Waals surface area contributed by atoms with Crippen molar-refractivity contribution in [3.05, 3.63) is 58.1 Å². The van der Waals surface area contributed by atoms with Gasteiger partial charge in [-0.15, -0.1) is 0 Å². The van der Waals surface area contributed by atoms with Crippen LogP contribution in [-0.2, 0) is 9.53 Å². The minimum atomic E-state index is -0.580. The van der Waals surface area contributed by atoms with Crippen LogP contribution in [0.25, 0.3) is 0 Å². The molecule has 0 unspecified atom stereocenters. The maximum Gasteiger partial charge on any atom is 0.339 e. The highest BCUT2D eigenvalue weighted by molar-refractivity contribution is 6.33. The van der Waals surface area contributed by atoms with E-state index in [0.29, 0.717) is 16.5 Å². The molecule has 2 aromatic carbocycles. The number of hydrogen-bond donors (Lipinski definition) is 1. The summed E-state index contributed by atoms with van der Waals surface area (Å²) in [6, 6.07) is 11.2. The number of esters is 1. The van der Waals surface area contributed by atoms with Crippen molar-refractivity contribution >= 4 is 40.8 Å². The predicted molar refractivity (Wildman–Crippen MR) is 88.4 cm³/mol. The van der Waals surface area contributed by atoms with Crippen molar-refractivity contribution in [2.24, 2.45) is 0 Å². The number of halogens is 2. The van der Waals surface area contributed by atoms with E-state index < -0.39 is 5.97 Å². The molecule has 0 fully saturated rings. The summed E-state index contributed by atoms with van der Waals surface area (Å²) in [5.41, 5.74) is 0.588. The third-order valence-electron chi connectivity index (χ3n) is 2.84. The number of amides is 1. The number of anilines is 1. The van der Waals surface area contributed by atoms with E-state index in [1.54, 1.807) is 30.3 Å². The lowest BCUT2D eigenvalue weighted by Gasteiger charge is -2.09. The van der Waals surface area contributed by atoms with Gasteiger partial charge < -0.3 is 14.8 Å². The third kappa shape index (κ3) is 4.87. The fourth-order valence-corrected chi connectivity index (χ4v) is 2.07. The lowest BCUT2D eigenvalue weighted by atomic mass is 10.2.